The first kappa shape index (κ1) is 12.8. The van der Waals surface area contributed by atoms with Gasteiger partial charge in [-0.3, -0.25) is 0 Å². The molecule has 1 heterocycles. The Labute approximate surface area is 110 Å². The van der Waals surface area contributed by atoms with Gasteiger partial charge in [0.05, 0.1) is 11.0 Å². The lowest BCUT2D eigenvalue weighted by Gasteiger charge is -2.19. The summed E-state index contributed by atoms with van der Waals surface area (Å²) in [6.07, 6.45) is 0. The molecule has 1 aromatic carbocycles. The van der Waals surface area contributed by atoms with Gasteiger partial charge in [0.15, 0.2) is 10.8 Å². The zero-order chi connectivity index (χ0) is 13.3. The molecule has 0 saturated carbocycles. The molecule has 18 heavy (non-hydrogen) atoms. The van der Waals surface area contributed by atoms with Crippen LogP contribution in [0.1, 0.15) is 31.3 Å². The Morgan fingerprint density at radius 3 is 2.28 bits per heavy atom. The largest absolute Gasteiger partial charge is 0.455 e. The van der Waals surface area contributed by atoms with Crippen LogP contribution in [0.3, 0.4) is 0 Å². The zero-order valence-electron chi connectivity index (χ0n) is 10.4. The minimum Gasteiger partial charge on any atom is -0.455 e. The predicted molar refractivity (Wildman–Crippen MR) is 69.7 cm³/mol. The normalized spacial score (nSPS) is 11.6. The molecule has 2 aromatic rings. The van der Waals surface area contributed by atoms with Crippen LogP contribution in [-0.2, 0) is 4.74 Å². The topological polar surface area (TPSA) is 52.1 Å². The minimum atomic E-state index is -0.590. The smallest absolute Gasteiger partial charge is 0.360 e. The number of rotatable bonds is 1. The van der Waals surface area contributed by atoms with E-state index in [-0.39, 0.29) is 10.8 Å². The lowest BCUT2D eigenvalue weighted by molar-refractivity contribution is 0.00631. The van der Waals surface area contributed by atoms with Crippen LogP contribution in [0.5, 0.6) is 0 Å². The number of carbonyl (C=O) groups excluding carboxylic acids is 1. The van der Waals surface area contributed by atoms with E-state index in [0.29, 0.717) is 11.0 Å². The monoisotopic (exact) mass is 264 g/mol. The summed E-state index contributed by atoms with van der Waals surface area (Å²) in [7, 11) is 0. The van der Waals surface area contributed by atoms with Gasteiger partial charge < -0.3 is 4.74 Å². The van der Waals surface area contributed by atoms with Crippen LogP contribution in [0.2, 0.25) is 5.15 Å². The summed E-state index contributed by atoms with van der Waals surface area (Å²) < 4.78 is 5.23. The SMILES string of the molecule is CC(C)(C)OC(=O)c1nc2ccccc2nc1Cl. The molecule has 0 fully saturated rings. The molecule has 2 rings (SSSR count). The van der Waals surface area contributed by atoms with E-state index in [1.807, 2.05) is 12.1 Å². The zero-order valence-corrected chi connectivity index (χ0v) is 11.2. The van der Waals surface area contributed by atoms with Gasteiger partial charge in [0.2, 0.25) is 0 Å². The number of hydrogen-bond donors (Lipinski definition) is 0. The molecule has 0 atom stereocenters. The summed E-state index contributed by atoms with van der Waals surface area (Å²) in [4.78, 5) is 20.2. The van der Waals surface area contributed by atoms with E-state index in [9.17, 15) is 4.79 Å². The molecule has 0 amide bonds. The van der Waals surface area contributed by atoms with Gasteiger partial charge in [-0.1, -0.05) is 23.7 Å². The van der Waals surface area contributed by atoms with Crippen molar-refractivity contribution >= 4 is 28.6 Å². The molecule has 0 aliphatic carbocycles. The average Bonchev–Trinajstić information content (AvgIpc) is 2.25. The van der Waals surface area contributed by atoms with Gasteiger partial charge in [0.25, 0.3) is 0 Å². The fraction of sp³-hybridized carbons (Fsp3) is 0.308. The molecular formula is C13H13ClN2O2. The van der Waals surface area contributed by atoms with Crippen molar-refractivity contribution in [1.29, 1.82) is 0 Å². The number of halogens is 1. The van der Waals surface area contributed by atoms with Crippen LogP contribution < -0.4 is 0 Å². The van der Waals surface area contributed by atoms with E-state index in [4.69, 9.17) is 16.3 Å². The van der Waals surface area contributed by atoms with Gasteiger partial charge in [0.1, 0.15) is 5.60 Å². The van der Waals surface area contributed by atoms with Gasteiger partial charge in [-0.15, -0.1) is 0 Å². The molecule has 0 radical (unpaired) electrons. The lowest BCUT2D eigenvalue weighted by atomic mass is 10.2. The van der Waals surface area contributed by atoms with Crippen LogP contribution in [0.25, 0.3) is 11.0 Å². The van der Waals surface area contributed by atoms with Crippen LogP contribution in [0.4, 0.5) is 0 Å². The third-order valence-electron chi connectivity index (χ3n) is 2.12. The molecule has 0 saturated heterocycles. The van der Waals surface area contributed by atoms with Crippen molar-refractivity contribution < 1.29 is 9.53 Å². The average molecular weight is 265 g/mol. The Morgan fingerprint density at radius 2 is 1.72 bits per heavy atom. The van der Waals surface area contributed by atoms with Gasteiger partial charge >= 0.3 is 5.97 Å². The highest BCUT2D eigenvalue weighted by Crippen LogP contribution is 2.19. The van der Waals surface area contributed by atoms with E-state index in [1.54, 1.807) is 32.9 Å². The maximum atomic E-state index is 11.9. The predicted octanol–water partition coefficient (Wildman–Crippen LogP) is 3.24. The highest BCUT2D eigenvalue weighted by atomic mass is 35.5. The fourth-order valence-electron chi connectivity index (χ4n) is 1.43. The molecule has 0 N–H and O–H groups in total. The number of nitrogens with zero attached hydrogens (tertiary/aromatic N) is 2. The number of benzene rings is 1. The fourth-order valence-corrected chi connectivity index (χ4v) is 1.65. The molecule has 1 aromatic heterocycles. The van der Waals surface area contributed by atoms with Crippen molar-refractivity contribution in [3.8, 4) is 0 Å². The van der Waals surface area contributed by atoms with Crippen molar-refractivity contribution in [3.63, 3.8) is 0 Å². The number of hydrogen-bond acceptors (Lipinski definition) is 4. The summed E-state index contributed by atoms with van der Waals surface area (Å²) in [5.41, 5.74) is 0.719. The number of aromatic nitrogens is 2. The van der Waals surface area contributed by atoms with Gasteiger partial charge in [-0.05, 0) is 32.9 Å². The summed E-state index contributed by atoms with van der Waals surface area (Å²) in [6.45, 7) is 5.36. The molecule has 94 valence electrons. The molecule has 5 heteroatoms. The van der Waals surface area contributed by atoms with Crippen molar-refractivity contribution in [2.75, 3.05) is 0 Å². The Kier molecular flexibility index (Phi) is 3.22. The summed E-state index contributed by atoms with van der Waals surface area (Å²) in [6, 6.07) is 7.21. The van der Waals surface area contributed by atoms with Gasteiger partial charge in [-0.25, -0.2) is 14.8 Å². The minimum absolute atomic E-state index is 0.0466. The number of carbonyl (C=O) groups is 1. The first-order valence-corrected chi connectivity index (χ1v) is 5.90. The van der Waals surface area contributed by atoms with Gasteiger partial charge in [0, 0.05) is 0 Å². The maximum Gasteiger partial charge on any atom is 0.360 e. The van der Waals surface area contributed by atoms with Crippen molar-refractivity contribution in [3.05, 3.63) is 35.1 Å². The second kappa shape index (κ2) is 4.53. The molecule has 0 spiro atoms. The van der Waals surface area contributed by atoms with Crippen LogP contribution in [0, 0.1) is 0 Å². The van der Waals surface area contributed by atoms with Crippen LogP contribution in [0.15, 0.2) is 24.3 Å². The highest BCUT2D eigenvalue weighted by Gasteiger charge is 2.22. The molecule has 0 aliphatic heterocycles. The van der Waals surface area contributed by atoms with Crippen molar-refractivity contribution in [2.24, 2.45) is 0 Å². The summed E-state index contributed by atoms with van der Waals surface area (Å²) in [5.74, 6) is -0.564. The summed E-state index contributed by atoms with van der Waals surface area (Å²) in [5, 5.41) is 0.0583. The number of fused-ring (bicyclic) bond motifs is 1. The van der Waals surface area contributed by atoms with Gasteiger partial charge in [-0.2, -0.15) is 0 Å². The maximum absolute atomic E-state index is 11.9. The molecule has 0 aliphatic rings. The lowest BCUT2D eigenvalue weighted by Crippen LogP contribution is -2.24. The van der Waals surface area contributed by atoms with E-state index >= 15 is 0 Å². The van der Waals surface area contributed by atoms with E-state index in [2.05, 4.69) is 9.97 Å². The Hall–Kier alpha value is -1.68. The third-order valence-corrected chi connectivity index (χ3v) is 2.38. The van der Waals surface area contributed by atoms with E-state index in [1.165, 1.54) is 0 Å². The van der Waals surface area contributed by atoms with E-state index in [0.717, 1.165) is 0 Å². The Bertz CT molecular complexity index is 605. The molecule has 0 unspecified atom stereocenters. The van der Waals surface area contributed by atoms with Crippen molar-refractivity contribution in [1.82, 2.24) is 9.97 Å². The van der Waals surface area contributed by atoms with Crippen molar-refractivity contribution in [2.45, 2.75) is 26.4 Å². The molecule has 0 bridgehead atoms. The molecular weight excluding hydrogens is 252 g/mol. The second-order valence-electron chi connectivity index (χ2n) is 4.85. The van der Waals surface area contributed by atoms with Crippen LogP contribution >= 0.6 is 11.6 Å². The first-order valence-electron chi connectivity index (χ1n) is 5.52. The molecule has 4 nitrogen and oxygen atoms in total. The number of esters is 1. The highest BCUT2D eigenvalue weighted by molar-refractivity contribution is 6.32. The second-order valence-corrected chi connectivity index (χ2v) is 5.21. The number of ether oxygens (including phenoxy) is 1. The standard InChI is InChI=1S/C13H13ClN2O2/c1-13(2,3)18-12(17)10-11(14)16-9-7-5-4-6-8(9)15-10/h4-7H,1-3H3. The number of para-hydroxylation sites is 2. The quantitative estimate of drug-likeness (QED) is 0.742. The first-order chi connectivity index (χ1) is 8.37. The Morgan fingerprint density at radius 1 is 1.17 bits per heavy atom. The van der Waals surface area contributed by atoms with E-state index < -0.39 is 11.6 Å². The summed E-state index contributed by atoms with van der Waals surface area (Å²) >= 11 is 5.95. The van der Waals surface area contributed by atoms with Crippen LogP contribution in [-0.4, -0.2) is 21.5 Å². The Balaban J connectivity index is 2.45. The third kappa shape index (κ3) is 2.76.